The molecule has 0 aliphatic heterocycles. The molecule has 0 aliphatic rings. The molecule has 1 unspecified atom stereocenters. The van der Waals surface area contributed by atoms with Crippen LogP contribution in [0.2, 0.25) is 0 Å². The van der Waals surface area contributed by atoms with E-state index >= 15 is 0 Å². The predicted molar refractivity (Wildman–Crippen MR) is 155 cm³/mol. The van der Waals surface area contributed by atoms with Crippen LogP contribution in [0.1, 0.15) is 67.3 Å². The second-order valence-electron chi connectivity index (χ2n) is 9.69. The summed E-state index contributed by atoms with van der Waals surface area (Å²) in [6.45, 7) is 6.07. The highest BCUT2D eigenvalue weighted by atomic mass is 16.6. The smallest absolute Gasteiger partial charge is 0.273 e. The van der Waals surface area contributed by atoms with Gasteiger partial charge in [0.2, 0.25) is 0 Å². The first-order chi connectivity index (χ1) is 19.3. The van der Waals surface area contributed by atoms with E-state index < -0.39 is 11.0 Å². The van der Waals surface area contributed by atoms with Crippen LogP contribution in [-0.2, 0) is 0 Å². The molecule has 0 radical (unpaired) electrons. The van der Waals surface area contributed by atoms with Crippen LogP contribution in [0.15, 0.2) is 71.5 Å². The van der Waals surface area contributed by atoms with Crippen molar-refractivity contribution in [3.8, 4) is 11.4 Å². The third kappa shape index (κ3) is 5.59. The molecule has 1 atom stereocenters. The fraction of sp³-hybridized carbons (Fsp3) is 0.323. The molecule has 208 valence electrons. The zero-order valence-corrected chi connectivity index (χ0v) is 23.3. The number of ether oxygens (including phenoxy) is 1. The highest BCUT2D eigenvalue weighted by Crippen LogP contribution is 2.31. The summed E-state index contributed by atoms with van der Waals surface area (Å²) < 4.78 is 7.14. The Morgan fingerprint density at radius 2 is 1.80 bits per heavy atom. The van der Waals surface area contributed by atoms with Crippen molar-refractivity contribution in [3.05, 3.63) is 104 Å². The van der Waals surface area contributed by atoms with Crippen molar-refractivity contribution >= 4 is 22.5 Å². The lowest BCUT2D eigenvalue weighted by atomic mass is 10.0. The number of fused-ring (bicyclic) bond motifs is 1. The topological polar surface area (TPSA) is 108 Å². The number of nitrogens with zero attached hydrogens (tertiary/aromatic N) is 4. The van der Waals surface area contributed by atoms with Gasteiger partial charge in [0, 0.05) is 23.7 Å². The maximum Gasteiger partial charge on any atom is 0.273 e. The van der Waals surface area contributed by atoms with Crippen molar-refractivity contribution in [2.75, 3.05) is 13.7 Å². The molecule has 1 heterocycles. The molecule has 0 N–H and O–H groups in total. The molecule has 0 saturated carbocycles. The number of aromatic nitrogens is 2. The average molecular weight is 543 g/mol. The van der Waals surface area contributed by atoms with Crippen LogP contribution >= 0.6 is 0 Å². The number of nitro groups is 1. The largest absolute Gasteiger partial charge is 0.495 e. The summed E-state index contributed by atoms with van der Waals surface area (Å²) in [5.74, 6) is 0.554. The van der Waals surface area contributed by atoms with Crippen LogP contribution < -0.4 is 10.3 Å². The second-order valence-corrected chi connectivity index (χ2v) is 9.69. The van der Waals surface area contributed by atoms with Gasteiger partial charge < -0.3 is 9.64 Å². The lowest BCUT2D eigenvalue weighted by molar-refractivity contribution is -0.385. The van der Waals surface area contributed by atoms with Gasteiger partial charge in [0.15, 0.2) is 0 Å². The summed E-state index contributed by atoms with van der Waals surface area (Å²) in [4.78, 5) is 45.9. The summed E-state index contributed by atoms with van der Waals surface area (Å²) in [6.07, 6.45) is 3.05. The van der Waals surface area contributed by atoms with Gasteiger partial charge in [-0.2, -0.15) is 0 Å². The van der Waals surface area contributed by atoms with Crippen LogP contribution in [0, 0.1) is 17.0 Å². The number of methoxy groups -OCH3 is 1. The van der Waals surface area contributed by atoms with Crippen LogP contribution in [0.5, 0.6) is 5.75 Å². The summed E-state index contributed by atoms with van der Waals surface area (Å²) in [7, 11) is 1.54. The maximum absolute atomic E-state index is 14.1. The molecular weight excluding hydrogens is 508 g/mol. The van der Waals surface area contributed by atoms with E-state index in [1.54, 1.807) is 61.4 Å². The molecular formula is C31H34N4O5. The Kier molecular flexibility index (Phi) is 8.93. The Morgan fingerprint density at radius 1 is 1.07 bits per heavy atom. The number of amides is 1. The first-order valence-electron chi connectivity index (χ1n) is 13.5. The SMILES string of the molecule is CCCCCN(C(=O)c1ccc(C)c([N+](=O)[O-])c1)C(CC)c1nc2ccccc2c(=O)n1-c1ccccc1OC. The van der Waals surface area contributed by atoms with Crippen molar-refractivity contribution in [2.24, 2.45) is 0 Å². The fourth-order valence-electron chi connectivity index (χ4n) is 5.00. The van der Waals surface area contributed by atoms with Crippen molar-refractivity contribution in [2.45, 2.75) is 52.5 Å². The van der Waals surface area contributed by atoms with E-state index in [-0.39, 0.29) is 22.7 Å². The average Bonchev–Trinajstić information content (AvgIpc) is 2.96. The van der Waals surface area contributed by atoms with Gasteiger partial charge in [-0.05, 0) is 50.1 Å². The van der Waals surface area contributed by atoms with E-state index in [0.717, 1.165) is 19.3 Å². The number of carbonyl (C=O) groups excluding carboxylic acids is 1. The van der Waals surface area contributed by atoms with Crippen LogP contribution in [0.4, 0.5) is 5.69 Å². The van der Waals surface area contributed by atoms with Gasteiger partial charge in [-0.1, -0.05) is 57.0 Å². The molecule has 4 rings (SSSR count). The molecule has 1 amide bonds. The number of aryl methyl sites for hydroxylation is 1. The number of hydrogen-bond donors (Lipinski definition) is 0. The highest BCUT2D eigenvalue weighted by Gasteiger charge is 2.31. The maximum atomic E-state index is 14.1. The molecule has 0 bridgehead atoms. The van der Waals surface area contributed by atoms with Crippen molar-refractivity contribution < 1.29 is 14.5 Å². The highest BCUT2D eigenvalue weighted by molar-refractivity contribution is 5.95. The van der Waals surface area contributed by atoms with Crippen LogP contribution in [-0.4, -0.2) is 38.9 Å². The minimum Gasteiger partial charge on any atom is -0.495 e. The predicted octanol–water partition coefficient (Wildman–Crippen LogP) is 6.39. The van der Waals surface area contributed by atoms with Gasteiger partial charge in [-0.3, -0.25) is 24.3 Å². The molecule has 0 saturated heterocycles. The van der Waals surface area contributed by atoms with E-state index in [2.05, 4.69) is 6.92 Å². The lowest BCUT2D eigenvalue weighted by Gasteiger charge is -2.33. The van der Waals surface area contributed by atoms with E-state index in [0.29, 0.717) is 46.7 Å². The van der Waals surface area contributed by atoms with Gasteiger partial charge in [0.25, 0.3) is 17.2 Å². The third-order valence-corrected chi connectivity index (χ3v) is 7.10. The molecule has 40 heavy (non-hydrogen) atoms. The molecule has 0 spiro atoms. The number of carbonyl (C=O) groups is 1. The number of benzene rings is 3. The summed E-state index contributed by atoms with van der Waals surface area (Å²) >= 11 is 0. The Morgan fingerprint density at radius 3 is 2.50 bits per heavy atom. The first-order valence-corrected chi connectivity index (χ1v) is 13.5. The van der Waals surface area contributed by atoms with Gasteiger partial charge >= 0.3 is 0 Å². The van der Waals surface area contributed by atoms with E-state index in [9.17, 15) is 19.7 Å². The molecule has 9 heteroatoms. The number of unbranched alkanes of at least 4 members (excludes halogenated alkanes) is 2. The zero-order valence-electron chi connectivity index (χ0n) is 23.3. The van der Waals surface area contributed by atoms with Crippen LogP contribution in [0.3, 0.4) is 0 Å². The van der Waals surface area contributed by atoms with Crippen molar-refractivity contribution in [3.63, 3.8) is 0 Å². The van der Waals surface area contributed by atoms with Gasteiger partial charge in [-0.15, -0.1) is 0 Å². The quantitative estimate of drug-likeness (QED) is 0.123. The third-order valence-electron chi connectivity index (χ3n) is 7.10. The molecule has 1 aromatic heterocycles. The molecule has 3 aromatic carbocycles. The standard InChI is InChI=1S/C31H34N4O5/c1-5-7-12-19-33(30(36)22-18-17-21(3)27(20-22)35(38)39)25(6-2)29-32-24-14-9-8-13-23(24)31(37)34(29)26-15-10-11-16-28(26)40-4/h8-11,13-18,20,25H,5-7,12,19H2,1-4H3. The Balaban J connectivity index is 1.95. The molecule has 0 aliphatic carbocycles. The van der Waals surface area contributed by atoms with Gasteiger partial charge in [-0.25, -0.2) is 4.98 Å². The number of rotatable bonds is 11. The summed E-state index contributed by atoms with van der Waals surface area (Å²) in [5.41, 5.74) is 1.37. The Bertz CT molecular complexity index is 1600. The first kappa shape index (κ1) is 28.5. The van der Waals surface area contributed by atoms with Gasteiger partial charge in [0.05, 0.1) is 34.7 Å². The van der Waals surface area contributed by atoms with Crippen molar-refractivity contribution in [1.29, 1.82) is 0 Å². The lowest BCUT2D eigenvalue weighted by Crippen LogP contribution is -2.39. The van der Waals surface area contributed by atoms with Crippen molar-refractivity contribution in [1.82, 2.24) is 14.5 Å². The molecule has 0 fully saturated rings. The Labute approximate surface area is 233 Å². The van der Waals surface area contributed by atoms with Crippen LogP contribution in [0.25, 0.3) is 16.6 Å². The minimum absolute atomic E-state index is 0.109. The second kappa shape index (κ2) is 12.5. The van der Waals surface area contributed by atoms with Gasteiger partial charge in [0.1, 0.15) is 11.6 Å². The summed E-state index contributed by atoms with van der Waals surface area (Å²) in [5, 5.41) is 12.1. The zero-order chi connectivity index (χ0) is 28.8. The van der Waals surface area contributed by atoms with E-state index in [4.69, 9.17) is 9.72 Å². The minimum atomic E-state index is -0.591. The number of para-hydroxylation sites is 3. The number of nitro benzene ring substituents is 1. The normalized spacial score (nSPS) is 11.8. The Hall–Kier alpha value is -4.53. The number of hydrogen-bond acceptors (Lipinski definition) is 6. The van der Waals surface area contributed by atoms with E-state index in [1.807, 2.05) is 25.1 Å². The van der Waals surface area contributed by atoms with E-state index in [1.165, 1.54) is 10.6 Å². The molecule has 4 aromatic rings. The monoisotopic (exact) mass is 542 g/mol. The fourth-order valence-corrected chi connectivity index (χ4v) is 5.00. The molecule has 9 nitrogen and oxygen atoms in total. The summed E-state index contributed by atoms with van der Waals surface area (Å²) in [6, 6.07) is 18.3.